The average molecular weight is 373 g/mol. The molecule has 138 valence electrons. The number of nitrogens with one attached hydrogen (secondary N) is 1. The molecule has 1 atom stereocenters. The predicted octanol–water partition coefficient (Wildman–Crippen LogP) is 3.24. The molecular weight excluding hydrogens is 350 g/mol. The van der Waals surface area contributed by atoms with Gasteiger partial charge in [-0.25, -0.2) is 9.97 Å². The maximum Gasteiger partial charge on any atom is 0.230 e. The lowest BCUT2D eigenvalue weighted by Crippen LogP contribution is -2.33. The number of hydrogen-bond acceptors (Lipinski definition) is 6. The number of carbonyl (C=O) groups excluding carboxylic acids is 1. The van der Waals surface area contributed by atoms with Crippen molar-refractivity contribution in [3.05, 3.63) is 42.2 Å². The van der Waals surface area contributed by atoms with E-state index < -0.39 is 0 Å². The largest absolute Gasteiger partial charge is 0.490 e. The number of amides is 1. The highest BCUT2D eigenvalue weighted by Crippen LogP contribution is 2.34. The highest BCUT2D eigenvalue weighted by atomic mass is 32.2. The van der Waals surface area contributed by atoms with Crippen LogP contribution in [0.3, 0.4) is 0 Å². The van der Waals surface area contributed by atoms with Crippen LogP contribution in [-0.4, -0.2) is 34.8 Å². The standard InChI is InChI=1S/C19H23N3O3S/c1-13(2)18(22-17(23)12-26-19-20-7-3-8-21-19)14-5-6-15-16(11-14)25-10-4-9-24-15/h3,5-8,11,13,18H,4,9-10,12H2,1-2H3,(H,22,23)/t18-/m1/s1. The summed E-state index contributed by atoms with van der Waals surface area (Å²) in [6, 6.07) is 7.54. The Balaban J connectivity index is 1.67. The minimum absolute atomic E-state index is 0.0479. The molecule has 0 aliphatic carbocycles. The molecule has 0 radical (unpaired) electrons. The first kappa shape index (κ1) is 18.5. The lowest BCUT2D eigenvalue weighted by Gasteiger charge is -2.23. The second-order valence-corrected chi connectivity index (χ2v) is 7.31. The number of benzene rings is 1. The van der Waals surface area contributed by atoms with Crippen LogP contribution in [0, 0.1) is 5.92 Å². The van der Waals surface area contributed by atoms with Crippen molar-refractivity contribution in [3.63, 3.8) is 0 Å². The molecule has 0 spiro atoms. The van der Waals surface area contributed by atoms with Crippen LogP contribution < -0.4 is 14.8 Å². The van der Waals surface area contributed by atoms with Crippen molar-refractivity contribution in [1.82, 2.24) is 15.3 Å². The van der Waals surface area contributed by atoms with Crippen molar-refractivity contribution in [2.45, 2.75) is 31.5 Å². The number of ether oxygens (including phenoxy) is 2. The van der Waals surface area contributed by atoms with E-state index in [0.29, 0.717) is 18.4 Å². The zero-order valence-electron chi connectivity index (χ0n) is 15.0. The Bertz CT molecular complexity index is 740. The SMILES string of the molecule is CC(C)[C@@H](NC(=O)CSc1ncccn1)c1ccc2c(c1)OCCCO2. The Hall–Kier alpha value is -2.28. The van der Waals surface area contributed by atoms with Crippen LogP contribution in [0.15, 0.2) is 41.8 Å². The number of fused-ring (bicyclic) bond motifs is 1. The molecule has 1 N–H and O–H groups in total. The van der Waals surface area contributed by atoms with E-state index in [1.54, 1.807) is 18.5 Å². The van der Waals surface area contributed by atoms with Crippen LogP contribution in [0.1, 0.15) is 31.9 Å². The molecule has 1 amide bonds. The fraction of sp³-hybridized carbons (Fsp3) is 0.421. The molecule has 0 saturated heterocycles. The van der Waals surface area contributed by atoms with Crippen molar-refractivity contribution < 1.29 is 14.3 Å². The second-order valence-electron chi connectivity index (χ2n) is 6.37. The minimum Gasteiger partial charge on any atom is -0.490 e. The Labute approximate surface area is 157 Å². The normalized spacial score (nSPS) is 14.6. The molecule has 0 saturated carbocycles. The van der Waals surface area contributed by atoms with Gasteiger partial charge in [-0.05, 0) is 29.7 Å². The van der Waals surface area contributed by atoms with Gasteiger partial charge in [-0.2, -0.15) is 0 Å². The van der Waals surface area contributed by atoms with E-state index in [1.807, 2.05) is 18.2 Å². The summed E-state index contributed by atoms with van der Waals surface area (Å²) >= 11 is 1.32. The first-order valence-electron chi connectivity index (χ1n) is 8.72. The molecule has 0 bridgehead atoms. The molecule has 7 heteroatoms. The summed E-state index contributed by atoms with van der Waals surface area (Å²) in [5, 5.41) is 3.71. The van der Waals surface area contributed by atoms with E-state index >= 15 is 0 Å². The van der Waals surface area contributed by atoms with Crippen LogP contribution in [0.4, 0.5) is 0 Å². The zero-order chi connectivity index (χ0) is 18.4. The predicted molar refractivity (Wildman–Crippen MR) is 101 cm³/mol. The molecule has 6 nitrogen and oxygen atoms in total. The molecule has 1 aromatic carbocycles. The molecule has 3 rings (SSSR count). The van der Waals surface area contributed by atoms with Gasteiger partial charge in [0.15, 0.2) is 16.7 Å². The molecule has 26 heavy (non-hydrogen) atoms. The fourth-order valence-corrected chi connectivity index (χ4v) is 3.33. The summed E-state index contributed by atoms with van der Waals surface area (Å²) in [6.45, 7) is 5.47. The number of rotatable bonds is 6. The first-order valence-corrected chi connectivity index (χ1v) is 9.71. The third kappa shape index (κ3) is 4.88. The van der Waals surface area contributed by atoms with Crippen LogP contribution in [0.5, 0.6) is 11.5 Å². The first-order chi connectivity index (χ1) is 12.6. The molecule has 1 aromatic heterocycles. The Morgan fingerprint density at radius 3 is 2.65 bits per heavy atom. The van der Waals surface area contributed by atoms with Gasteiger partial charge in [0.2, 0.25) is 5.91 Å². The van der Waals surface area contributed by atoms with E-state index in [9.17, 15) is 4.79 Å². The minimum atomic E-state index is -0.100. The number of thioether (sulfide) groups is 1. The van der Waals surface area contributed by atoms with Crippen LogP contribution in [0.25, 0.3) is 0 Å². The summed E-state index contributed by atoms with van der Waals surface area (Å²) in [5.41, 5.74) is 1.01. The zero-order valence-corrected chi connectivity index (χ0v) is 15.8. The number of aromatic nitrogens is 2. The average Bonchev–Trinajstić information content (AvgIpc) is 2.90. The summed E-state index contributed by atoms with van der Waals surface area (Å²) in [7, 11) is 0. The van der Waals surface area contributed by atoms with Gasteiger partial charge in [-0.15, -0.1) is 0 Å². The van der Waals surface area contributed by atoms with Gasteiger partial charge < -0.3 is 14.8 Å². The number of hydrogen-bond donors (Lipinski definition) is 1. The van der Waals surface area contributed by atoms with Crippen LogP contribution in [0.2, 0.25) is 0 Å². The fourth-order valence-electron chi connectivity index (χ4n) is 2.71. The lowest BCUT2D eigenvalue weighted by molar-refractivity contribution is -0.119. The second kappa shape index (κ2) is 8.89. The van der Waals surface area contributed by atoms with E-state index in [2.05, 4.69) is 29.1 Å². The molecule has 2 aromatic rings. The molecule has 1 aliphatic rings. The van der Waals surface area contributed by atoms with Gasteiger partial charge in [0.05, 0.1) is 25.0 Å². The molecular formula is C19H23N3O3S. The highest BCUT2D eigenvalue weighted by molar-refractivity contribution is 7.99. The third-order valence-electron chi connectivity index (χ3n) is 3.99. The van der Waals surface area contributed by atoms with Crippen molar-refractivity contribution in [2.75, 3.05) is 19.0 Å². The van der Waals surface area contributed by atoms with Crippen LogP contribution in [-0.2, 0) is 4.79 Å². The quantitative estimate of drug-likeness (QED) is 0.619. The summed E-state index contributed by atoms with van der Waals surface area (Å²) < 4.78 is 11.5. The van der Waals surface area contributed by atoms with E-state index in [-0.39, 0.29) is 23.6 Å². The summed E-state index contributed by atoms with van der Waals surface area (Å²) in [6.07, 6.45) is 4.21. The topological polar surface area (TPSA) is 73.3 Å². The van der Waals surface area contributed by atoms with E-state index in [0.717, 1.165) is 23.5 Å². The lowest BCUT2D eigenvalue weighted by atomic mass is 9.95. The van der Waals surface area contributed by atoms with Crippen molar-refractivity contribution in [1.29, 1.82) is 0 Å². The van der Waals surface area contributed by atoms with Gasteiger partial charge in [-0.1, -0.05) is 31.7 Å². The monoisotopic (exact) mass is 373 g/mol. The van der Waals surface area contributed by atoms with Crippen molar-refractivity contribution >= 4 is 17.7 Å². The Morgan fingerprint density at radius 1 is 1.19 bits per heavy atom. The maximum absolute atomic E-state index is 12.4. The van der Waals surface area contributed by atoms with Crippen molar-refractivity contribution in [2.24, 2.45) is 5.92 Å². The van der Waals surface area contributed by atoms with E-state index in [4.69, 9.17) is 9.47 Å². The van der Waals surface area contributed by atoms with Crippen molar-refractivity contribution in [3.8, 4) is 11.5 Å². The Morgan fingerprint density at radius 2 is 1.92 bits per heavy atom. The van der Waals surface area contributed by atoms with Gasteiger partial charge >= 0.3 is 0 Å². The van der Waals surface area contributed by atoms with Gasteiger partial charge in [0, 0.05) is 18.8 Å². The molecule has 2 heterocycles. The summed E-state index contributed by atoms with van der Waals surface area (Å²) in [5.74, 6) is 1.97. The third-order valence-corrected chi connectivity index (χ3v) is 4.86. The Kier molecular flexibility index (Phi) is 6.33. The summed E-state index contributed by atoms with van der Waals surface area (Å²) in [4.78, 5) is 20.6. The number of nitrogens with zero attached hydrogens (tertiary/aromatic N) is 2. The van der Waals surface area contributed by atoms with Gasteiger partial charge in [0.1, 0.15) is 0 Å². The maximum atomic E-state index is 12.4. The molecule has 0 fully saturated rings. The van der Waals surface area contributed by atoms with E-state index in [1.165, 1.54) is 11.8 Å². The van der Waals surface area contributed by atoms with Gasteiger partial charge in [-0.3, -0.25) is 4.79 Å². The molecule has 0 unspecified atom stereocenters. The molecule has 1 aliphatic heterocycles. The number of carbonyl (C=O) groups is 1. The van der Waals surface area contributed by atoms with Gasteiger partial charge in [0.25, 0.3) is 0 Å². The van der Waals surface area contributed by atoms with Crippen LogP contribution >= 0.6 is 11.8 Å². The highest BCUT2D eigenvalue weighted by Gasteiger charge is 2.21. The smallest absolute Gasteiger partial charge is 0.230 e.